The number of rotatable bonds is 7. The second-order valence-corrected chi connectivity index (χ2v) is 8.53. The molecule has 0 saturated carbocycles. The maximum atomic E-state index is 11.0. The maximum absolute atomic E-state index is 11.0. The van der Waals surface area contributed by atoms with Crippen molar-refractivity contribution in [2.45, 2.75) is 31.9 Å². The normalized spacial score (nSPS) is 19.1. The summed E-state index contributed by atoms with van der Waals surface area (Å²) >= 11 is 0. The molecule has 34 heavy (non-hydrogen) atoms. The van der Waals surface area contributed by atoms with Crippen LogP contribution in [0.4, 0.5) is 0 Å². The lowest BCUT2D eigenvalue weighted by atomic mass is 9.87. The van der Waals surface area contributed by atoms with E-state index >= 15 is 0 Å². The molecule has 3 aromatic rings. The Kier molecular flexibility index (Phi) is 6.47. The number of fused-ring (bicyclic) bond motifs is 1. The average Bonchev–Trinajstić information content (AvgIpc) is 3.37. The van der Waals surface area contributed by atoms with E-state index in [0.717, 1.165) is 52.5 Å². The Labute approximate surface area is 199 Å². The third-order valence-corrected chi connectivity index (χ3v) is 6.43. The van der Waals surface area contributed by atoms with E-state index in [1.807, 2.05) is 42.5 Å². The zero-order chi connectivity index (χ0) is 23.5. The van der Waals surface area contributed by atoms with Crippen LogP contribution in [-0.2, 0) is 13.0 Å². The van der Waals surface area contributed by atoms with Gasteiger partial charge in [0, 0.05) is 24.1 Å². The van der Waals surface area contributed by atoms with Gasteiger partial charge >= 0.3 is 0 Å². The van der Waals surface area contributed by atoms with Crippen molar-refractivity contribution in [3.05, 3.63) is 76.9 Å². The van der Waals surface area contributed by atoms with E-state index in [9.17, 15) is 5.11 Å². The topological polar surface area (TPSA) is 81.2 Å². The molecule has 7 nitrogen and oxygen atoms in total. The minimum Gasteiger partial charge on any atom is -0.507 e. The molecule has 2 aliphatic rings. The van der Waals surface area contributed by atoms with Crippen molar-refractivity contribution in [3.8, 4) is 28.7 Å². The number of hydrogen-bond donors (Lipinski definition) is 3. The van der Waals surface area contributed by atoms with Gasteiger partial charge in [-0.3, -0.25) is 5.43 Å². The summed E-state index contributed by atoms with van der Waals surface area (Å²) in [5.74, 6) is 3.36. The van der Waals surface area contributed by atoms with Crippen LogP contribution in [0.3, 0.4) is 0 Å². The van der Waals surface area contributed by atoms with Gasteiger partial charge in [-0.25, -0.2) is 5.43 Å². The molecule has 7 heteroatoms. The minimum absolute atomic E-state index is 0.0970. The molecule has 0 spiro atoms. The predicted octanol–water partition coefficient (Wildman–Crippen LogP) is 4.25. The molecule has 5 rings (SSSR count). The lowest BCUT2D eigenvalue weighted by Gasteiger charge is -2.24. The highest BCUT2D eigenvalue weighted by Gasteiger charge is 2.33. The predicted molar refractivity (Wildman–Crippen MR) is 129 cm³/mol. The zero-order valence-corrected chi connectivity index (χ0v) is 19.5. The maximum Gasteiger partial charge on any atom is 0.161 e. The molecular formula is C27H30N2O5. The van der Waals surface area contributed by atoms with Gasteiger partial charge in [0.1, 0.15) is 37.1 Å². The summed E-state index contributed by atoms with van der Waals surface area (Å²) in [6, 6.07) is 17.6. The van der Waals surface area contributed by atoms with Gasteiger partial charge in [0.15, 0.2) is 11.5 Å². The van der Waals surface area contributed by atoms with Gasteiger partial charge in [0.05, 0.1) is 13.2 Å². The molecule has 1 fully saturated rings. The van der Waals surface area contributed by atoms with Crippen molar-refractivity contribution in [2.75, 3.05) is 26.9 Å². The third-order valence-electron chi connectivity index (χ3n) is 6.43. The zero-order valence-electron chi connectivity index (χ0n) is 19.5. The van der Waals surface area contributed by atoms with E-state index in [2.05, 4.69) is 23.8 Å². The Morgan fingerprint density at radius 3 is 2.71 bits per heavy atom. The van der Waals surface area contributed by atoms with Crippen LogP contribution in [0.1, 0.15) is 41.1 Å². The van der Waals surface area contributed by atoms with Gasteiger partial charge in [-0.15, -0.1) is 0 Å². The van der Waals surface area contributed by atoms with Crippen molar-refractivity contribution in [3.63, 3.8) is 0 Å². The molecule has 2 aliphatic heterocycles. The molecule has 2 unspecified atom stereocenters. The first-order valence-corrected chi connectivity index (χ1v) is 11.7. The van der Waals surface area contributed by atoms with E-state index in [1.54, 1.807) is 13.2 Å². The highest BCUT2D eigenvalue weighted by Crippen LogP contribution is 2.42. The Balaban J connectivity index is 1.38. The van der Waals surface area contributed by atoms with Gasteiger partial charge in [0.2, 0.25) is 0 Å². The second kappa shape index (κ2) is 9.83. The molecule has 0 radical (unpaired) electrons. The van der Waals surface area contributed by atoms with Crippen LogP contribution < -0.4 is 29.8 Å². The van der Waals surface area contributed by atoms with Gasteiger partial charge < -0.3 is 24.1 Å². The Hall–Kier alpha value is -3.42. The van der Waals surface area contributed by atoms with Crippen molar-refractivity contribution >= 4 is 0 Å². The van der Waals surface area contributed by atoms with Crippen LogP contribution in [0.2, 0.25) is 0 Å². The number of aromatic hydroxyl groups is 1. The fraction of sp³-hybridized carbons (Fsp3) is 0.333. The van der Waals surface area contributed by atoms with Crippen LogP contribution in [-0.4, -0.2) is 32.0 Å². The van der Waals surface area contributed by atoms with Crippen LogP contribution in [0.25, 0.3) is 0 Å². The number of benzene rings is 3. The number of hydrazine groups is 1. The number of phenolic OH excluding ortho intramolecular Hbond substituents is 1. The first kappa shape index (κ1) is 22.4. The van der Waals surface area contributed by atoms with Crippen molar-refractivity contribution in [1.29, 1.82) is 0 Å². The summed E-state index contributed by atoms with van der Waals surface area (Å²) in [6.07, 6.45) is 0.787. The van der Waals surface area contributed by atoms with Crippen LogP contribution >= 0.6 is 0 Å². The first-order valence-electron chi connectivity index (χ1n) is 11.7. The fourth-order valence-corrected chi connectivity index (χ4v) is 4.61. The summed E-state index contributed by atoms with van der Waals surface area (Å²) in [5, 5.41) is 11.0. The number of hydrogen-bond acceptors (Lipinski definition) is 7. The highest BCUT2D eigenvalue weighted by atomic mass is 16.6. The molecule has 178 valence electrons. The van der Waals surface area contributed by atoms with E-state index < -0.39 is 0 Å². The van der Waals surface area contributed by atoms with Gasteiger partial charge in [-0.1, -0.05) is 25.1 Å². The van der Waals surface area contributed by atoms with Crippen molar-refractivity contribution in [2.24, 2.45) is 0 Å². The molecule has 3 aromatic carbocycles. The standard InChI is InChI=1S/C27H30N2O5/c1-3-18-12-21(23(30)14-25(18)34-16-17-5-4-6-20(11-17)31-2)27-22(15-28-29-27)19-7-8-24-26(13-19)33-10-9-32-24/h4-8,11-14,22,27-30H,3,9-10,15-16H2,1-2H3. The van der Waals surface area contributed by atoms with Gasteiger partial charge in [-0.2, -0.15) is 0 Å². The number of methoxy groups -OCH3 is 1. The van der Waals surface area contributed by atoms with Crippen LogP contribution in [0, 0.1) is 0 Å². The number of aryl methyl sites for hydroxylation is 1. The Morgan fingerprint density at radius 2 is 1.88 bits per heavy atom. The molecule has 2 atom stereocenters. The van der Waals surface area contributed by atoms with Gasteiger partial charge in [0.25, 0.3) is 0 Å². The van der Waals surface area contributed by atoms with Crippen LogP contribution in [0.15, 0.2) is 54.6 Å². The molecule has 3 N–H and O–H groups in total. The second-order valence-electron chi connectivity index (χ2n) is 8.53. The Morgan fingerprint density at radius 1 is 1.03 bits per heavy atom. The van der Waals surface area contributed by atoms with Crippen molar-refractivity contribution < 1.29 is 24.1 Å². The summed E-state index contributed by atoms with van der Waals surface area (Å²) in [7, 11) is 1.65. The smallest absolute Gasteiger partial charge is 0.161 e. The SMILES string of the molecule is CCc1cc(C2NNCC2c2ccc3c(c2)OCCO3)c(O)cc1OCc1cccc(OC)c1. The summed E-state index contributed by atoms with van der Waals surface area (Å²) in [6.45, 7) is 4.35. The van der Waals surface area contributed by atoms with Crippen molar-refractivity contribution in [1.82, 2.24) is 10.9 Å². The van der Waals surface area contributed by atoms with E-state index in [4.69, 9.17) is 18.9 Å². The molecule has 0 bridgehead atoms. The average molecular weight is 463 g/mol. The van der Waals surface area contributed by atoms with Gasteiger partial charge in [-0.05, 0) is 53.4 Å². The van der Waals surface area contributed by atoms with E-state index in [1.165, 1.54) is 0 Å². The van der Waals surface area contributed by atoms with E-state index in [0.29, 0.717) is 25.6 Å². The lowest BCUT2D eigenvalue weighted by molar-refractivity contribution is 0.171. The number of ether oxygens (including phenoxy) is 4. The van der Waals surface area contributed by atoms with Crippen LogP contribution in [0.5, 0.6) is 28.7 Å². The molecule has 2 heterocycles. The largest absolute Gasteiger partial charge is 0.507 e. The number of phenols is 1. The first-order chi connectivity index (χ1) is 16.7. The summed E-state index contributed by atoms with van der Waals surface area (Å²) in [4.78, 5) is 0. The molecule has 1 saturated heterocycles. The summed E-state index contributed by atoms with van der Waals surface area (Å²) in [5.41, 5.74) is 10.6. The molecule has 0 aromatic heterocycles. The fourth-order valence-electron chi connectivity index (χ4n) is 4.61. The monoisotopic (exact) mass is 462 g/mol. The lowest BCUT2D eigenvalue weighted by Crippen LogP contribution is -2.25. The quantitative estimate of drug-likeness (QED) is 0.484. The Bertz CT molecular complexity index is 1170. The summed E-state index contributed by atoms with van der Waals surface area (Å²) < 4.78 is 22.8. The third kappa shape index (κ3) is 4.49. The van der Waals surface area contributed by atoms with E-state index in [-0.39, 0.29) is 17.7 Å². The molecule has 0 amide bonds. The number of nitrogens with one attached hydrogen (secondary N) is 2. The molecular weight excluding hydrogens is 432 g/mol. The minimum atomic E-state index is -0.0970. The highest BCUT2D eigenvalue weighted by molar-refractivity contribution is 5.50. The molecule has 0 aliphatic carbocycles.